The summed E-state index contributed by atoms with van der Waals surface area (Å²) in [4.78, 5) is 29.1. The summed E-state index contributed by atoms with van der Waals surface area (Å²) in [5.41, 5.74) is 5.06. The largest absolute Gasteiger partial charge is 0.469 e. The first-order chi connectivity index (χ1) is 15.4. The summed E-state index contributed by atoms with van der Waals surface area (Å²) in [7, 11) is 1.35. The number of carbonyl (C=O) groups excluding carboxylic acids is 2. The summed E-state index contributed by atoms with van der Waals surface area (Å²) in [6.45, 7) is 4.22. The Kier molecular flexibility index (Phi) is 6.36. The Balaban J connectivity index is 1.49. The fraction of sp³-hybridized carbons (Fsp3) is 0.261. The van der Waals surface area contributed by atoms with Crippen LogP contribution >= 0.6 is 11.8 Å². The molecule has 2 aromatic carbocycles. The number of hydrogen-bond acceptors (Lipinski definition) is 8. The van der Waals surface area contributed by atoms with Crippen molar-refractivity contribution >= 4 is 45.7 Å². The number of aryl methyl sites for hydroxylation is 2. The first-order valence-electron chi connectivity index (χ1n) is 9.98. The molecule has 0 bridgehead atoms. The van der Waals surface area contributed by atoms with E-state index in [1.807, 2.05) is 26.0 Å². The topological polar surface area (TPSA) is 98.3 Å². The normalized spacial score (nSPS) is 13.8. The predicted octanol–water partition coefficient (Wildman–Crippen LogP) is 4.31. The van der Waals surface area contributed by atoms with E-state index in [1.54, 1.807) is 24.3 Å². The van der Waals surface area contributed by atoms with Gasteiger partial charge < -0.3 is 24.8 Å². The molecule has 9 heteroatoms. The minimum Gasteiger partial charge on any atom is -0.469 e. The van der Waals surface area contributed by atoms with E-state index in [-0.39, 0.29) is 30.8 Å². The van der Waals surface area contributed by atoms with Crippen LogP contribution in [0.1, 0.15) is 17.5 Å². The molecule has 0 atom stereocenters. The number of benzene rings is 2. The Morgan fingerprint density at radius 1 is 1.16 bits per heavy atom. The molecule has 0 aromatic heterocycles. The Bertz CT molecular complexity index is 1140. The minimum atomic E-state index is -0.360. The molecule has 0 spiro atoms. The van der Waals surface area contributed by atoms with E-state index in [1.165, 1.54) is 18.9 Å². The molecule has 0 aliphatic carbocycles. The van der Waals surface area contributed by atoms with Crippen molar-refractivity contribution in [1.29, 1.82) is 0 Å². The monoisotopic (exact) mass is 453 g/mol. The molecule has 2 N–H and O–H groups in total. The molecular formula is C23H23N3O5S. The predicted molar refractivity (Wildman–Crippen MR) is 125 cm³/mol. The van der Waals surface area contributed by atoms with Crippen molar-refractivity contribution in [3.05, 3.63) is 53.2 Å². The van der Waals surface area contributed by atoms with E-state index >= 15 is 0 Å². The molecule has 2 heterocycles. The van der Waals surface area contributed by atoms with Crippen molar-refractivity contribution in [3.63, 3.8) is 0 Å². The molecule has 8 nitrogen and oxygen atoms in total. The Morgan fingerprint density at radius 3 is 2.75 bits per heavy atom. The highest BCUT2D eigenvalue weighted by Gasteiger charge is 2.17. The van der Waals surface area contributed by atoms with Crippen LogP contribution in [0.3, 0.4) is 0 Å². The summed E-state index contributed by atoms with van der Waals surface area (Å²) < 4.78 is 15.4. The van der Waals surface area contributed by atoms with Crippen LogP contribution in [0.4, 0.5) is 17.1 Å². The number of methoxy groups -OCH3 is 1. The van der Waals surface area contributed by atoms with Crippen molar-refractivity contribution < 1.29 is 23.8 Å². The number of esters is 1. The van der Waals surface area contributed by atoms with Gasteiger partial charge in [-0.05, 0) is 55.3 Å². The number of amides is 1. The van der Waals surface area contributed by atoms with E-state index in [0.717, 1.165) is 22.5 Å². The summed E-state index contributed by atoms with van der Waals surface area (Å²) in [5.74, 6) is 0.866. The zero-order valence-corrected chi connectivity index (χ0v) is 18.8. The van der Waals surface area contributed by atoms with Gasteiger partial charge in [-0.25, -0.2) is 4.99 Å². The molecule has 0 radical (unpaired) electrons. The van der Waals surface area contributed by atoms with Gasteiger partial charge >= 0.3 is 5.97 Å². The number of aliphatic imine (C=N–C) groups is 1. The highest BCUT2D eigenvalue weighted by molar-refractivity contribution is 8.14. The summed E-state index contributed by atoms with van der Waals surface area (Å²) in [5, 5.41) is 6.76. The molecule has 2 aliphatic rings. The van der Waals surface area contributed by atoms with Gasteiger partial charge in [0.1, 0.15) is 0 Å². The summed E-state index contributed by atoms with van der Waals surface area (Å²) in [6, 6.07) is 9.24. The number of thioether (sulfide) groups is 1. The lowest BCUT2D eigenvalue weighted by atomic mass is 10.1. The SMILES string of the molecule is COC(=O)CC1=CC(SCC(=O)Nc2ccc3c(c2)OCO3)=Nc2cc(C)c(C)cc2N1. The maximum absolute atomic E-state index is 12.5. The van der Waals surface area contributed by atoms with Gasteiger partial charge in [-0.1, -0.05) is 11.8 Å². The van der Waals surface area contributed by atoms with Gasteiger partial charge in [0.2, 0.25) is 12.7 Å². The Hall–Kier alpha value is -3.46. The number of anilines is 2. The lowest BCUT2D eigenvalue weighted by Gasteiger charge is -2.12. The molecule has 166 valence electrons. The number of ether oxygens (including phenoxy) is 3. The van der Waals surface area contributed by atoms with Crippen LogP contribution in [-0.4, -0.2) is 36.6 Å². The van der Waals surface area contributed by atoms with Gasteiger partial charge in [-0.15, -0.1) is 0 Å². The van der Waals surface area contributed by atoms with Crippen molar-refractivity contribution in [2.24, 2.45) is 4.99 Å². The van der Waals surface area contributed by atoms with E-state index in [9.17, 15) is 9.59 Å². The van der Waals surface area contributed by atoms with Gasteiger partial charge in [0.15, 0.2) is 11.5 Å². The maximum atomic E-state index is 12.5. The molecular weight excluding hydrogens is 430 g/mol. The van der Waals surface area contributed by atoms with Crippen molar-refractivity contribution in [2.75, 3.05) is 30.3 Å². The third-order valence-electron chi connectivity index (χ3n) is 5.01. The maximum Gasteiger partial charge on any atom is 0.311 e. The van der Waals surface area contributed by atoms with Crippen LogP contribution in [0, 0.1) is 13.8 Å². The van der Waals surface area contributed by atoms with E-state index in [2.05, 4.69) is 10.6 Å². The quantitative estimate of drug-likeness (QED) is 0.651. The van der Waals surface area contributed by atoms with E-state index in [0.29, 0.717) is 27.9 Å². The number of nitrogens with one attached hydrogen (secondary N) is 2. The van der Waals surface area contributed by atoms with Crippen LogP contribution in [0.2, 0.25) is 0 Å². The zero-order valence-electron chi connectivity index (χ0n) is 18.0. The van der Waals surface area contributed by atoms with Gasteiger partial charge in [-0.3, -0.25) is 9.59 Å². The number of fused-ring (bicyclic) bond motifs is 2. The molecule has 32 heavy (non-hydrogen) atoms. The molecule has 0 fully saturated rings. The van der Waals surface area contributed by atoms with Crippen molar-refractivity contribution in [3.8, 4) is 11.5 Å². The van der Waals surface area contributed by atoms with Crippen LogP contribution in [0.25, 0.3) is 0 Å². The number of hydrogen-bond donors (Lipinski definition) is 2. The second-order valence-electron chi connectivity index (χ2n) is 7.36. The number of carbonyl (C=O) groups is 2. The number of nitrogens with zero attached hydrogens (tertiary/aromatic N) is 1. The average Bonchev–Trinajstić information content (AvgIpc) is 3.16. The standard InChI is InChI=1S/C23H23N3O5S/c1-13-6-17-18(7-14(13)2)26-22(9-16(24-17)10-23(28)29-3)32-11-21(27)25-15-4-5-19-20(8-15)31-12-30-19/h4-9,24H,10-12H2,1-3H3,(H,25,27). The fourth-order valence-electron chi connectivity index (χ4n) is 3.21. The first-order valence-corrected chi connectivity index (χ1v) is 11.0. The molecule has 0 saturated carbocycles. The fourth-order valence-corrected chi connectivity index (χ4v) is 3.95. The third kappa shape index (κ3) is 5.05. The van der Waals surface area contributed by atoms with Gasteiger partial charge in [0, 0.05) is 17.5 Å². The van der Waals surface area contributed by atoms with E-state index in [4.69, 9.17) is 19.2 Å². The van der Waals surface area contributed by atoms with Crippen LogP contribution in [0.15, 0.2) is 47.1 Å². The average molecular weight is 454 g/mol. The van der Waals surface area contributed by atoms with Crippen LogP contribution in [0.5, 0.6) is 11.5 Å². The second kappa shape index (κ2) is 9.35. The molecule has 1 amide bonds. The zero-order chi connectivity index (χ0) is 22.7. The van der Waals surface area contributed by atoms with Gasteiger partial charge in [0.05, 0.1) is 35.7 Å². The van der Waals surface area contributed by atoms with Crippen molar-refractivity contribution in [2.45, 2.75) is 20.3 Å². The number of rotatable bonds is 5. The van der Waals surface area contributed by atoms with E-state index < -0.39 is 0 Å². The molecule has 0 saturated heterocycles. The third-order valence-corrected chi connectivity index (χ3v) is 5.92. The molecule has 2 aliphatic heterocycles. The summed E-state index contributed by atoms with van der Waals surface area (Å²) >= 11 is 1.29. The van der Waals surface area contributed by atoms with Gasteiger partial charge in [0.25, 0.3) is 0 Å². The van der Waals surface area contributed by atoms with Crippen LogP contribution < -0.4 is 20.1 Å². The van der Waals surface area contributed by atoms with Gasteiger partial charge in [-0.2, -0.15) is 0 Å². The Morgan fingerprint density at radius 2 is 1.94 bits per heavy atom. The second-order valence-corrected chi connectivity index (χ2v) is 8.35. The lowest BCUT2D eigenvalue weighted by molar-refractivity contribution is -0.139. The molecule has 2 aromatic rings. The Labute approximate surface area is 190 Å². The highest BCUT2D eigenvalue weighted by atomic mass is 32.2. The van der Waals surface area contributed by atoms with Crippen molar-refractivity contribution in [1.82, 2.24) is 0 Å². The molecule has 4 rings (SSSR count). The summed E-state index contributed by atoms with van der Waals surface area (Å²) in [6.07, 6.45) is 1.85. The van der Waals surface area contributed by atoms with Crippen LogP contribution in [-0.2, 0) is 14.3 Å². The smallest absolute Gasteiger partial charge is 0.311 e. The minimum absolute atomic E-state index is 0.0752. The highest BCUT2D eigenvalue weighted by Crippen LogP contribution is 2.35. The lowest BCUT2D eigenvalue weighted by Crippen LogP contribution is -2.15. The first kappa shape index (κ1) is 21.8. The molecule has 0 unspecified atom stereocenters.